The van der Waals surface area contributed by atoms with E-state index >= 15 is 0 Å². The van der Waals surface area contributed by atoms with Crippen molar-refractivity contribution in [3.05, 3.63) is 24.3 Å². The maximum atomic E-state index is 12.0. The Hall–Kier alpha value is -2.34. The van der Waals surface area contributed by atoms with Gasteiger partial charge in [0.05, 0.1) is 4.90 Å². The topological polar surface area (TPSA) is 122 Å². The molecule has 1 aromatic carbocycles. The molecular formula is C12H13F3N2O6S. The first kappa shape index (κ1) is 19.7. The summed E-state index contributed by atoms with van der Waals surface area (Å²) in [4.78, 5) is 21.1. The molecule has 0 unspecified atom stereocenters. The average Bonchev–Trinajstić information content (AvgIpc) is 2.43. The lowest BCUT2D eigenvalue weighted by Crippen LogP contribution is -2.33. The molecule has 134 valence electrons. The summed E-state index contributed by atoms with van der Waals surface area (Å²) in [5, 5.41) is 10.4. The number of benzene rings is 1. The predicted molar refractivity (Wildman–Crippen MR) is 73.6 cm³/mol. The highest BCUT2D eigenvalue weighted by Crippen LogP contribution is 2.23. The second-order valence-corrected chi connectivity index (χ2v) is 6.10. The van der Waals surface area contributed by atoms with Crippen LogP contribution in [0.5, 0.6) is 5.75 Å². The second-order valence-electron chi connectivity index (χ2n) is 4.34. The van der Waals surface area contributed by atoms with Gasteiger partial charge in [-0.1, -0.05) is 0 Å². The Labute approximate surface area is 134 Å². The molecule has 0 saturated heterocycles. The number of carbonyl (C=O) groups is 2. The number of rotatable bonds is 8. The molecular weight excluding hydrogens is 357 g/mol. The van der Waals surface area contributed by atoms with Crippen LogP contribution in [0.4, 0.5) is 13.2 Å². The van der Waals surface area contributed by atoms with Crippen LogP contribution in [0.3, 0.4) is 0 Å². The largest absolute Gasteiger partial charge is 0.573 e. The number of carboxylic acid groups (broad SMARTS) is 1. The van der Waals surface area contributed by atoms with E-state index in [9.17, 15) is 31.2 Å². The van der Waals surface area contributed by atoms with Crippen LogP contribution >= 0.6 is 0 Å². The lowest BCUT2D eigenvalue weighted by molar-refractivity contribution is -0.274. The van der Waals surface area contributed by atoms with Crippen LogP contribution in [0.25, 0.3) is 0 Å². The Kier molecular flexibility index (Phi) is 6.54. The zero-order valence-electron chi connectivity index (χ0n) is 12.0. The molecule has 0 saturated carbocycles. The zero-order chi connectivity index (χ0) is 18.4. The quantitative estimate of drug-likeness (QED) is 0.611. The number of alkyl halides is 3. The van der Waals surface area contributed by atoms with Crippen molar-refractivity contribution in [3.8, 4) is 5.75 Å². The molecule has 24 heavy (non-hydrogen) atoms. The summed E-state index contributed by atoms with van der Waals surface area (Å²) in [6.07, 6.45) is -5.19. The number of halogens is 3. The van der Waals surface area contributed by atoms with Crippen LogP contribution in [0.15, 0.2) is 29.2 Å². The van der Waals surface area contributed by atoms with Crippen LogP contribution < -0.4 is 14.8 Å². The first-order chi connectivity index (χ1) is 11.0. The van der Waals surface area contributed by atoms with Gasteiger partial charge in [-0.15, -0.1) is 13.2 Å². The van der Waals surface area contributed by atoms with E-state index < -0.39 is 40.6 Å². The Morgan fingerprint density at radius 2 is 1.75 bits per heavy atom. The molecule has 0 heterocycles. The van der Waals surface area contributed by atoms with Gasteiger partial charge >= 0.3 is 12.3 Å². The number of carboxylic acids is 1. The monoisotopic (exact) mass is 370 g/mol. The summed E-state index contributed by atoms with van der Waals surface area (Å²) in [5.41, 5.74) is 0. The number of amides is 1. The van der Waals surface area contributed by atoms with Gasteiger partial charge in [0.25, 0.3) is 0 Å². The van der Waals surface area contributed by atoms with Gasteiger partial charge in [0.2, 0.25) is 15.9 Å². The molecule has 0 aliphatic heterocycles. The maximum Gasteiger partial charge on any atom is 0.573 e. The normalized spacial score (nSPS) is 11.8. The number of carbonyl (C=O) groups excluding carboxylic acids is 1. The minimum Gasteiger partial charge on any atom is -0.480 e. The molecule has 0 aliphatic carbocycles. The first-order valence-electron chi connectivity index (χ1n) is 6.33. The van der Waals surface area contributed by atoms with Crippen molar-refractivity contribution in [1.82, 2.24) is 10.0 Å². The maximum absolute atomic E-state index is 12.0. The van der Waals surface area contributed by atoms with E-state index in [1.54, 1.807) is 0 Å². The number of hydrogen-bond donors (Lipinski definition) is 3. The van der Waals surface area contributed by atoms with Crippen molar-refractivity contribution >= 4 is 21.9 Å². The van der Waals surface area contributed by atoms with E-state index in [1.807, 2.05) is 5.32 Å². The lowest BCUT2D eigenvalue weighted by Gasteiger charge is -2.10. The minimum absolute atomic E-state index is 0.304. The standard InChI is InChI=1S/C12H13F3N2O6S/c13-12(14,15)23-8-1-3-9(4-2-8)24(21,22)17-6-5-10(18)16-7-11(19)20/h1-4,17H,5-7H2,(H,16,18)(H,19,20). The van der Waals surface area contributed by atoms with Crippen LogP contribution in [0.2, 0.25) is 0 Å². The molecule has 1 aromatic rings. The molecule has 8 nitrogen and oxygen atoms in total. The fourth-order valence-electron chi connectivity index (χ4n) is 1.47. The van der Waals surface area contributed by atoms with E-state index in [0.717, 1.165) is 24.3 Å². The van der Waals surface area contributed by atoms with Crippen LogP contribution in [-0.2, 0) is 19.6 Å². The van der Waals surface area contributed by atoms with E-state index in [-0.39, 0.29) is 17.9 Å². The van der Waals surface area contributed by atoms with Crippen LogP contribution in [0.1, 0.15) is 6.42 Å². The summed E-state index contributed by atoms with van der Waals surface area (Å²) in [7, 11) is -4.03. The van der Waals surface area contributed by atoms with Gasteiger partial charge < -0.3 is 15.2 Å². The Bertz CT molecular complexity index is 688. The third-order valence-corrected chi connectivity index (χ3v) is 3.93. The van der Waals surface area contributed by atoms with Gasteiger partial charge in [-0.2, -0.15) is 0 Å². The highest BCUT2D eigenvalue weighted by molar-refractivity contribution is 7.89. The molecule has 0 atom stereocenters. The number of ether oxygens (including phenoxy) is 1. The van der Waals surface area contributed by atoms with Crippen molar-refractivity contribution in [2.75, 3.05) is 13.1 Å². The molecule has 1 amide bonds. The highest BCUT2D eigenvalue weighted by Gasteiger charge is 2.31. The SMILES string of the molecule is O=C(O)CNC(=O)CCNS(=O)(=O)c1ccc(OC(F)(F)F)cc1. The van der Waals surface area contributed by atoms with E-state index in [4.69, 9.17) is 5.11 Å². The minimum atomic E-state index is -4.89. The van der Waals surface area contributed by atoms with Crippen molar-refractivity contribution in [3.63, 3.8) is 0 Å². The van der Waals surface area contributed by atoms with Crippen LogP contribution in [0, 0.1) is 0 Å². The number of nitrogens with one attached hydrogen (secondary N) is 2. The van der Waals surface area contributed by atoms with Crippen molar-refractivity contribution < 1.29 is 41.0 Å². The Balaban J connectivity index is 2.56. The number of aliphatic carboxylic acids is 1. The molecule has 0 radical (unpaired) electrons. The van der Waals surface area contributed by atoms with Gasteiger partial charge in [0.15, 0.2) is 0 Å². The highest BCUT2D eigenvalue weighted by atomic mass is 32.2. The van der Waals surface area contributed by atoms with Crippen molar-refractivity contribution in [2.24, 2.45) is 0 Å². The van der Waals surface area contributed by atoms with Gasteiger partial charge in [0, 0.05) is 13.0 Å². The summed E-state index contributed by atoms with van der Waals surface area (Å²) in [5.74, 6) is -2.49. The molecule has 12 heteroatoms. The molecule has 0 fully saturated rings. The van der Waals surface area contributed by atoms with Gasteiger partial charge in [-0.25, -0.2) is 13.1 Å². The van der Waals surface area contributed by atoms with E-state index in [1.165, 1.54) is 0 Å². The lowest BCUT2D eigenvalue weighted by atomic mass is 10.3. The third kappa shape index (κ3) is 7.28. The Morgan fingerprint density at radius 1 is 1.17 bits per heavy atom. The number of sulfonamides is 1. The summed E-state index contributed by atoms with van der Waals surface area (Å²) in [6, 6.07) is 3.49. The predicted octanol–water partition coefficient (Wildman–Crippen LogP) is 0.454. The molecule has 0 aromatic heterocycles. The molecule has 0 aliphatic rings. The Morgan fingerprint density at radius 3 is 2.25 bits per heavy atom. The molecule has 0 bridgehead atoms. The first-order valence-corrected chi connectivity index (χ1v) is 7.82. The zero-order valence-corrected chi connectivity index (χ0v) is 12.8. The summed E-state index contributed by atoms with van der Waals surface area (Å²) in [6.45, 7) is -0.902. The van der Waals surface area contributed by atoms with Gasteiger partial charge in [-0.3, -0.25) is 9.59 Å². The third-order valence-electron chi connectivity index (χ3n) is 2.45. The van der Waals surface area contributed by atoms with Crippen molar-refractivity contribution in [1.29, 1.82) is 0 Å². The molecule has 1 rings (SSSR count). The van der Waals surface area contributed by atoms with E-state index in [0.29, 0.717) is 0 Å². The smallest absolute Gasteiger partial charge is 0.480 e. The number of hydrogen-bond acceptors (Lipinski definition) is 5. The van der Waals surface area contributed by atoms with Crippen molar-refractivity contribution in [2.45, 2.75) is 17.7 Å². The fraction of sp³-hybridized carbons (Fsp3) is 0.333. The summed E-state index contributed by atoms with van der Waals surface area (Å²) >= 11 is 0. The molecule has 3 N–H and O–H groups in total. The van der Waals surface area contributed by atoms with E-state index in [2.05, 4.69) is 9.46 Å². The molecule has 0 spiro atoms. The van der Waals surface area contributed by atoms with Gasteiger partial charge in [-0.05, 0) is 24.3 Å². The van der Waals surface area contributed by atoms with Crippen LogP contribution in [-0.4, -0.2) is 44.9 Å². The fourth-order valence-corrected chi connectivity index (χ4v) is 2.50. The average molecular weight is 370 g/mol. The summed E-state index contributed by atoms with van der Waals surface area (Å²) < 4.78 is 65.4. The second kappa shape index (κ2) is 7.97. The van der Waals surface area contributed by atoms with Gasteiger partial charge in [0.1, 0.15) is 12.3 Å².